The van der Waals surface area contributed by atoms with Crippen LogP contribution >= 0.6 is 0 Å². The van der Waals surface area contributed by atoms with E-state index in [1.165, 1.54) is 0 Å². The fourth-order valence-corrected chi connectivity index (χ4v) is 3.36. The highest BCUT2D eigenvalue weighted by molar-refractivity contribution is 5.98. The summed E-state index contributed by atoms with van der Waals surface area (Å²) >= 11 is 0. The Hall–Kier alpha value is -2.62. The Labute approximate surface area is 148 Å². The molecule has 1 atom stereocenters. The van der Waals surface area contributed by atoms with Crippen LogP contribution in [0.15, 0.2) is 54.6 Å². The number of aryl methyl sites for hydroxylation is 1. The van der Waals surface area contributed by atoms with Crippen LogP contribution in [0.25, 0.3) is 0 Å². The molecule has 0 saturated carbocycles. The van der Waals surface area contributed by atoms with E-state index in [-0.39, 0.29) is 11.8 Å². The lowest BCUT2D eigenvalue weighted by molar-refractivity contribution is -0.141. The molecule has 0 aromatic heterocycles. The van der Waals surface area contributed by atoms with Crippen molar-refractivity contribution in [2.75, 3.05) is 11.9 Å². The van der Waals surface area contributed by atoms with Gasteiger partial charge in [0.1, 0.15) is 6.04 Å². The van der Waals surface area contributed by atoms with Crippen LogP contribution in [-0.2, 0) is 16.0 Å². The van der Waals surface area contributed by atoms with Crippen LogP contribution in [0, 0.1) is 0 Å². The number of nitrogens with zero attached hydrogens (tertiary/aromatic N) is 1. The van der Waals surface area contributed by atoms with Crippen molar-refractivity contribution in [3.05, 3.63) is 65.7 Å². The van der Waals surface area contributed by atoms with Gasteiger partial charge in [-0.15, -0.1) is 0 Å². The van der Waals surface area contributed by atoms with Crippen LogP contribution in [0.2, 0.25) is 0 Å². The van der Waals surface area contributed by atoms with Crippen LogP contribution in [0.4, 0.5) is 5.69 Å². The summed E-state index contributed by atoms with van der Waals surface area (Å²) in [6.07, 6.45) is 3.20. The van der Waals surface area contributed by atoms with E-state index in [1.807, 2.05) is 54.6 Å². The van der Waals surface area contributed by atoms with Gasteiger partial charge in [0, 0.05) is 18.7 Å². The minimum Gasteiger partial charge on any atom is -0.327 e. The Morgan fingerprint density at radius 1 is 1.08 bits per heavy atom. The summed E-state index contributed by atoms with van der Waals surface area (Å²) in [6, 6.07) is 16.8. The van der Waals surface area contributed by atoms with Crippen molar-refractivity contribution < 1.29 is 9.59 Å². The number of carbonyl (C=O) groups excluding carboxylic acids is 2. The summed E-state index contributed by atoms with van der Waals surface area (Å²) < 4.78 is 0. The van der Waals surface area contributed by atoms with E-state index >= 15 is 0 Å². The standard InChI is InChI=1S/C21H24N2O2/c1-2-16-10-6-7-13-18(16)22-21(25)20(17-11-4-3-5-12-17)23-15-9-8-14-19(23)24/h3-7,10-13,20H,2,8-9,14-15H2,1H3,(H,22,25)/t20-/m0/s1. The molecule has 0 unspecified atom stereocenters. The first-order valence-electron chi connectivity index (χ1n) is 8.94. The highest BCUT2D eigenvalue weighted by Gasteiger charge is 2.32. The van der Waals surface area contributed by atoms with E-state index in [4.69, 9.17) is 0 Å². The largest absolute Gasteiger partial charge is 0.327 e. The molecule has 0 bridgehead atoms. The number of nitrogens with one attached hydrogen (secondary N) is 1. The average molecular weight is 336 g/mol. The molecular formula is C21H24N2O2. The van der Waals surface area contributed by atoms with E-state index in [1.54, 1.807) is 4.90 Å². The third-order valence-electron chi connectivity index (χ3n) is 4.69. The second-order valence-corrected chi connectivity index (χ2v) is 6.36. The molecule has 130 valence electrons. The number of anilines is 1. The molecule has 25 heavy (non-hydrogen) atoms. The van der Waals surface area contributed by atoms with Crippen molar-refractivity contribution in [2.24, 2.45) is 0 Å². The normalized spacial score (nSPS) is 15.7. The van der Waals surface area contributed by atoms with Gasteiger partial charge in [0.25, 0.3) is 5.91 Å². The van der Waals surface area contributed by atoms with Gasteiger partial charge in [-0.1, -0.05) is 55.5 Å². The molecule has 3 rings (SSSR count). The minimum absolute atomic E-state index is 0.0547. The summed E-state index contributed by atoms with van der Waals surface area (Å²) in [5.41, 5.74) is 2.76. The quantitative estimate of drug-likeness (QED) is 0.899. The maximum Gasteiger partial charge on any atom is 0.251 e. The highest BCUT2D eigenvalue weighted by Crippen LogP contribution is 2.27. The van der Waals surface area contributed by atoms with Gasteiger partial charge in [-0.25, -0.2) is 0 Å². The lowest BCUT2D eigenvalue weighted by Crippen LogP contribution is -2.43. The molecule has 0 radical (unpaired) electrons. The van der Waals surface area contributed by atoms with Crippen molar-refractivity contribution in [1.82, 2.24) is 4.90 Å². The third-order valence-corrected chi connectivity index (χ3v) is 4.69. The molecule has 4 heteroatoms. The van der Waals surface area contributed by atoms with Gasteiger partial charge >= 0.3 is 0 Å². The molecule has 4 nitrogen and oxygen atoms in total. The molecule has 0 aliphatic carbocycles. The first kappa shape index (κ1) is 17.2. The van der Waals surface area contributed by atoms with Crippen molar-refractivity contribution in [2.45, 2.75) is 38.6 Å². The molecule has 0 spiro atoms. The van der Waals surface area contributed by atoms with Gasteiger partial charge in [0.15, 0.2) is 0 Å². The number of rotatable bonds is 5. The Morgan fingerprint density at radius 3 is 2.52 bits per heavy atom. The van der Waals surface area contributed by atoms with Gasteiger partial charge in [-0.05, 0) is 36.5 Å². The van der Waals surface area contributed by atoms with Crippen molar-refractivity contribution in [3.8, 4) is 0 Å². The third kappa shape index (κ3) is 3.90. The van der Waals surface area contributed by atoms with Crippen molar-refractivity contribution in [3.63, 3.8) is 0 Å². The topological polar surface area (TPSA) is 49.4 Å². The summed E-state index contributed by atoms with van der Waals surface area (Å²) in [5, 5.41) is 3.05. The Balaban J connectivity index is 1.91. The Bertz CT molecular complexity index is 743. The van der Waals surface area contributed by atoms with Crippen molar-refractivity contribution in [1.29, 1.82) is 0 Å². The average Bonchev–Trinajstić information content (AvgIpc) is 2.65. The number of likely N-dealkylation sites (tertiary alicyclic amines) is 1. The van der Waals surface area contributed by atoms with Crippen LogP contribution in [0.1, 0.15) is 43.4 Å². The number of hydrogen-bond donors (Lipinski definition) is 1. The van der Waals surface area contributed by atoms with Crippen LogP contribution < -0.4 is 5.32 Å². The second-order valence-electron chi connectivity index (χ2n) is 6.36. The SMILES string of the molecule is CCc1ccccc1NC(=O)[C@H](c1ccccc1)N1CCCCC1=O. The molecule has 1 fully saturated rings. The number of amides is 2. The van der Waals surface area contributed by atoms with E-state index < -0.39 is 6.04 Å². The van der Waals surface area contributed by atoms with Crippen molar-refractivity contribution >= 4 is 17.5 Å². The lowest BCUT2D eigenvalue weighted by Gasteiger charge is -2.34. The Kier molecular flexibility index (Phi) is 5.49. The Morgan fingerprint density at radius 2 is 1.80 bits per heavy atom. The smallest absolute Gasteiger partial charge is 0.251 e. The maximum absolute atomic E-state index is 13.1. The lowest BCUT2D eigenvalue weighted by atomic mass is 10.00. The van der Waals surface area contributed by atoms with Gasteiger partial charge < -0.3 is 10.2 Å². The number of carbonyl (C=O) groups is 2. The zero-order chi connectivity index (χ0) is 17.6. The van der Waals surface area contributed by atoms with E-state index in [0.29, 0.717) is 13.0 Å². The number of benzene rings is 2. The molecule has 1 heterocycles. The first-order valence-corrected chi connectivity index (χ1v) is 8.94. The summed E-state index contributed by atoms with van der Waals surface area (Å²) in [5.74, 6) is -0.0959. The predicted molar refractivity (Wildman–Crippen MR) is 99.2 cm³/mol. The predicted octanol–water partition coefficient (Wildman–Crippen LogP) is 3.94. The molecule has 1 aliphatic heterocycles. The summed E-state index contributed by atoms with van der Waals surface area (Å²) in [4.78, 5) is 27.3. The van der Waals surface area contributed by atoms with E-state index in [0.717, 1.165) is 36.1 Å². The zero-order valence-electron chi connectivity index (χ0n) is 14.6. The number of piperidine rings is 1. The molecule has 2 amide bonds. The second kappa shape index (κ2) is 7.97. The van der Waals surface area contributed by atoms with Crippen LogP contribution in [-0.4, -0.2) is 23.3 Å². The molecule has 1 N–H and O–H groups in total. The highest BCUT2D eigenvalue weighted by atomic mass is 16.2. The van der Waals surface area contributed by atoms with E-state index in [2.05, 4.69) is 12.2 Å². The monoisotopic (exact) mass is 336 g/mol. The van der Waals surface area contributed by atoms with Crippen LogP contribution in [0.5, 0.6) is 0 Å². The summed E-state index contributed by atoms with van der Waals surface area (Å²) in [7, 11) is 0. The molecule has 2 aromatic rings. The molecule has 1 saturated heterocycles. The first-order chi connectivity index (χ1) is 12.2. The fourth-order valence-electron chi connectivity index (χ4n) is 3.36. The van der Waals surface area contributed by atoms with Crippen LogP contribution in [0.3, 0.4) is 0 Å². The molecule has 2 aromatic carbocycles. The molecule has 1 aliphatic rings. The zero-order valence-corrected chi connectivity index (χ0v) is 14.6. The van der Waals surface area contributed by atoms with Gasteiger partial charge in [0.05, 0.1) is 0 Å². The molecular weight excluding hydrogens is 312 g/mol. The van der Waals surface area contributed by atoms with Gasteiger partial charge in [-0.2, -0.15) is 0 Å². The van der Waals surface area contributed by atoms with E-state index in [9.17, 15) is 9.59 Å². The minimum atomic E-state index is -0.584. The maximum atomic E-state index is 13.1. The van der Waals surface area contributed by atoms with Gasteiger partial charge in [-0.3, -0.25) is 9.59 Å². The van der Waals surface area contributed by atoms with Gasteiger partial charge in [0.2, 0.25) is 5.91 Å². The number of hydrogen-bond acceptors (Lipinski definition) is 2. The fraction of sp³-hybridized carbons (Fsp3) is 0.333. The summed E-state index contributed by atoms with van der Waals surface area (Å²) in [6.45, 7) is 2.69. The number of para-hydroxylation sites is 1.